The van der Waals surface area contributed by atoms with E-state index in [-0.39, 0.29) is 11.8 Å². The Bertz CT molecular complexity index is 773. The molecule has 1 fully saturated rings. The molecule has 6 heteroatoms. The highest BCUT2D eigenvalue weighted by atomic mass is 16.1. The summed E-state index contributed by atoms with van der Waals surface area (Å²) in [4.78, 5) is 16.9. The summed E-state index contributed by atoms with van der Waals surface area (Å²) in [7, 11) is 0. The fraction of sp³-hybridized carbons (Fsp3) is 0.588. The summed E-state index contributed by atoms with van der Waals surface area (Å²) in [6, 6.07) is 2.33. The number of rotatable bonds is 1. The van der Waals surface area contributed by atoms with Crippen LogP contribution in [-0.4, -0.2) is 26.5 Å². The molecule has 3 heterocycles. The fourth-order valence-corrected chi connectivity index (χ4v) is 4.21. The molecule has 6 nitrogen and oxygen atoms in total. The van der Waals surface area contributed by atoms with E-state index in [0.29, 0.717) is 24.2 Å². The second-order valence-electron chi connectivity index (χ2n) is 7.07. The van der Waals surface area contributed by atoms with Crippen LogP contribution in [-0.2, 0) is 4.79 Å². The van der Waals surface area contributed by atoms with Crippen LogP contribution in [0.2, 0.25) is 0 Å². The van der Waals surface area contributed by atoms with Gasteiger partial charge in [-0.2, -0.15) is 0 Å². The molecule has 1 aliphatic carbocycles. The fourth-order valence-electron chi connectivity index (χ4n) is 4.21. The first-order chi connectivity index (χ1) is 11.0. The number of nitrogens with two attached hydrogens (primary N) is 1. The number of hydrogen-bond donors (Lipinski definition) is 2. The van der Waals surface area contributed by atoms with E-state index in [1.165, 1.54) is 0 Å². The van der Waals surface area contributed by atoms with Crippen LogP contribution in [0.3, 0.4) is 0 Å². The van der Waals surface area contributed by atoms with Crippen molar-refractivity contribution in [2.75, 3.05) is 5.32 Å². The Balaban J connectivity index is 1.83. The average molecular weight is 313 g/mol. The third kappa shape index (κ3) is 2.41. The lowest BCUT2D eigenvalue weighted by Crippen LogP contribution is -2.32. The Morgan fingerprint density at radius 3 is 2.74 bits per heavy atom. The minimum absolute atomic E-state index is 0.0650. The summed E-state index contributed by atoms with van der Waals surface area (Å²) in [6.45, 7) is 4.03. The number of fused-ring (bicyclic) bond motifs is 3. The van der Waals surface area contributed by atoms with Crippen LogP contribution in [0.4, 0.5) is 5.82 Å². The molecule has 1 aliphatic heterocycles. The molecule has 3 N–H and O–H groups in total. The van der Waals surface area contributed by atoms with Crippen LogP contribution in [0.1, 0.15) is 55.0 Å². The van der Waals surface area contributed by atoms with E-state index in [9.17, 15) is 4.79 Å². The van der Waals surface area contributed by atoms with E-state index >= 15 is 0 Å². The van der Waals surface area contributed by atoms with Gasteiger partial charge in [-0.3, -0.25) is 4.79 Å². The maximum atomic E-state index is 12.2. The summed E-state index contributed by atoms with van der Waals surface area (Å²) < 4.78 is 1.87. The number of carbonyl (C=O) groups excluding carboxylic acids is 1. The van der Waals surface area contributed by atoms with Crippen LogP contribution in [0, 0.1) is 19.8 Å². The van der Waals surface area contributed by atoms with Crippen LogP contribution < -0.4 is 11.1 Å². The molecule has 0 radical (unpaired) electrons. The zero-order valence-electron chi connectivity index (χ0n) is 13.7. The maximum Gasteiger partial charge on any atom is 0.226 e. The smallest absolute Gasteiger partial charge is 0.226 e. The highest BCUT2D eigenvalue weighted by Gasteiger charge is 2.37. The second kappa shape index (κ2) is 5.30. The van der Waals surface area contributed by atoms with Crippen LogP contribution in [0.5, 0.6) is 0 Å². The van der Waals surface area contributed by atoms with Gasteiger partial charge in [-0.05, 0) is 51.5 Å². The monoisotopic (exact) mass is 313 g/mol. The third-order valence-electron chi connectivity index (χ3n) is 5.35. The topological polar surface area (TPSA) is 85.3 Å². The van der Waals surface area contributed by atoms with Gasteiger partial charge in [0.15, 0.2) is 11.5 Å². The predicted molar refractivity (Wildman–Crippen MR) is 88.4 cm³/mol. The van der Waals surface area contributed by atoms with Gasteiger partial charge in [0.1, 0.15) is 0 Å². The van der Waals surface area contributed by atoms with Crippen molar-refractivity contribution >= 4 is 17.4 Å². The highest BCUT2D eigenvalue weighted by molar-refractivity contribution is 5.95. The Morgan fingerprint density at radius 1 is 1.26 bits per heavy atom. The number of anilines is 1. The number of aryl methyl sites for hydroxylation is 2. The molecular weight excluding hydrogens is 290 g/mol. The van der Waals surface area contributed by atoms with Crippen molar-refractivity contribution in [1.29, 1.82) is 0 Å². The van der Waals surface area contributed by atoms with E-state index in [2.05, 4.69) is 10.4 Å². The number of aromatic nitrogens is 3. The highest BCUT2D eigenvalue weighted by Crippen LogP contribution is 2.44. The van der Waals surface area contributed by atoms with Gasteiger partial charge in [-0.1, -0.05) is 0 Å². The summed E-state index contributed by atoms with van der Waals surface area (Å²) in [5.74, 6) is 1.46. The lowest BCUT2D eigenvalue weighted by atomic mass is 9.73. The van der Waals surface area contributed by atoms with Gasteiger partial charge in [-0.25, -0.2) is 9.50 Å². The van der Waals surface area contributed by atoms with Gasteiger partial charge in [0.05, 0.1) is 0 Å². The molecule has 2 aromatic rings. The number of nitrogens with zero attached hydrogens (tertiary/aromatic N) is 3. The van der Waals surface area contributed by atoms with Crippen molar-refractivity contribution in [1.82, 2.24) is 14.6 Å². The minimum Gasteiger partial charge on any atom is -0.328 e. The lowest BCUT2D eigenvalue weighted by Gasteiger charge is -2.34. The second-order valence-corrected chi connectivity index (χ2v) is 7.07. The van der Waals surface area contributed by atoms with Gasteiger partial charge >= 0.3 is 0 Å². The molecule has 0 aromatic carbocycles. The van der Waals surface area contributed by atoms with Gasteiger partial charge in [0, 0.05) is 35.3 Å². The van der Waals surface area contributed by atoms with Gasteiger partial charge < -0.3 is 11.1 Å². The van der Waals surface area contributed by atoms with E-state index in [1.54, 1.807) is 0 Å². The third-order valence-corrected chi connectivity index (χ3v) is 5.35. The molecule has 0 spiro atoms. The summed E-state index contributed by atoms with van der Waals surface area (Å²) in [5, 5.41) is 7.54. The standard InChI is InChI=1S/C17H23N5O/c1-9-7-10(2)22-17(19-9)15-13(8-14(23)20-16(15)21-22)11-3-5-12(18)6-4-11/h7,11-13H,3-6,8,18H2,1-2H3,(H,20,21,23)/t11?,12?,13-/m1/s1. The first-order valence-electron chi connectivity index (χ1n) is 8.45. The van der Waals surface area contributed by atoms with Gasteiger partial charge in [0.2, 0.25) is 5.91 Å². The molecule has 23 heavy (non-hydrogen) atoms. The average Bonchev–Trinajstić information content (AvgIpc) is 2.86. The van der Waals surface area contributed by atoms with Crippen LogP contribution in [0.25, 0.3) is 5.65 Å². The molecule has 1 amide bonds. The zero-order valence-corrected chi connectivity index (χ0v) is 13.7. The summed E-state index contributed by atoms with van der Waals surface area (Å²) >= 11 is 0. The molecule has 0 bridgehead atoms. The first kappa shape index (κ1) is 14.6. The number of hydrogen-bond acceptors (Lipinski definition) is 4. The summed E-state index contributed by atoms with van der Waals surface area (Å²) in [5.41, 5.74) is 10.1. The number of nitrogens with one attached hydrogen (secondary N) is 1. The molecule has 122 valence electrons. The van der Waals surface area contributed by atoms with E-state index in [1.807, 2.05) is 24.4 Å². The Kier molecular flexibility index (Phi) is 3.37. The van der Waals surface area contributed by atoms with Crippen molar-refractivity contribution in [3.05, 3.63) is 23.0 Å². The van der Waals surface area contributed by atoms with Crippen LogP contribution in [0.15, 0.2) is 6.07 Å². The Morgan fingerprint density at radius 2 is 2.00 bits per heavy atom. The first-order valence-corrected chi connectivity index (χ1v) is 8.45. The largest absolute Gasteiger partial charge is 0.328 e. The summed E-state index contributed by atoms with van der Waals surface area (Å²) in [6.07, 6.45) is 4.79. The molecule has 4 rings (SSSR count). The molecule has 0 unspecified atom stereocenters. The lowest BCUT2D eigenvalue weighted by molar-refractivity contribution is -0.117. The Labute approximate surface area is 135 Å². The SMILES string of the molecule is Cc1cc(C)n2nc3c(c2n1)[C@@H](C1CCC(N)CC1)CC(=O)N3. The number of amides is 1. The van der Waals surface area contributed by atoms with E-state index in [4.69, 9.17) is 10.7 Å². The van der Waals surface area contributed by atoms with E-state index in [0.717, 1.165) is 48.3 Å². The van der Waals surface area contributed by atoms with Crippen molar-refractivity contribution < 1.29 is 4.79 Å². The van der Waals surface area contributed by atoms with Crippen molar-refractivity contribution in [2.24, 2.45) is 11.7 Å². The quantitative estimate of drug-likeness (QED) is 0.846. The number of carbonyl (C=O) groups is 1. The van der Waals surface area contributed by atoms with E-state index < -0.39 is 0 Å². The molecule has 2 aromatic heterocycles. The normalized spacial score (nSPS) is 27.8. The molecule has 2 aliphatic rings. The van der Waals surface area contributed by atoms with Crippen molar-refractivity contribution in [2.45, 2.75) is 57.9 Å². The maximum absolute atomic E-state index is 12.2. The molecule has 1 atom stereocenters. The van der Waals surface area contributed by atoms with Gasteiger partial charge in [-0.15, -0.1) is 5.10 Å². The Hall–Kier alpha value is -1.95. The van der Waals surface area contributed by atoms with Crippen LogP contribution >= 0.6 is 0 Å². The molecule has 0 saturated heterocycles. The van der Waals surface area contributed by atoms with Crippen molar-refractivity contribution in [3.8, 4) is 0 Å². The zero-order chi connectivity index (χ0) is 16.1. The predicted octanol–water partition coefficient (Wildman–Crippen LogP) is 2.29. The van der Waals surface area contributed by atoms with Gasteiger partial charge in [0.25, 0.3) is 0 Å². The molecule has 1 saturated carbocycles. The minimum atomic E-state index is 0.0650. The molecular formula is C17H23N5O. The van der Waals surface area contributed by atoms with Crippen molar-refractivity contribution in [3.63, 3.8) is 0 Å².